The molecule has 3 nitrogen and oxygen atoms in total. The number of benzene rings is 1. The number of halogens is 1. The first-order chi connectivity index (χ1) is 9.50. The molecule has 1 saturated heterocycles. The molecule has 1 amide bonds. The fraction of sp³-hybridized carbons (Fsp3) is 0.533. The molecule has 1 aliphatic heterocycles. The van der Waals surface area contributed by atoms with Crippen molar-refractivity contribution in [1.82, 2.24) is 9.62 Å². The highest BCUT2D eigenvalue weighted by Crippen LogP contribution is 2.29. The fourth-order valence-corrected chi connectivity index (χ4v) is 3.80. The van der Waals surface area contributed by atoms with Crippen molar-refractivity contribution in [2.75, 3.05) is 5.75 Å². The number of nitrogens with one attached hydrogen (secondary N) is 1. The Morgan fingerprint density at radius 2 is 2.30 bits per heavy atom. The van der Waals surface area contributed by atoms with Crippen molar-refractivity contribution in [3.05, 3.63) is 34.3 Å². The van der Waals surface area contributed by atoms with E-state index < -0.39 is 0 Å². The standard InChI is InChI=1S/C15H21ClN2OS/c1-10(2)18-14(7-8-20-18)15(19)17-9-12-5-4-6-13(16)11(12)3/h4-6,10,14H,7-9H2,1-3H3,(H,17,19). The molecule has 1 aromatic carbocycles. The van der Waals surface area contributed by atoms with Crippen molar-refractivity contribution in [2.24, 2.45) is 0 Å². The third kappa shape index (κ3) is 3.48. The van der Waals surface area contributed by atoms with Crippen molar-refractivity contribution in [3.63, 3.8) is 0 Å². The van der Waals surface area contributed by atoms with Crippen LogP contribution in [0.3, 0.4) is 0 Å². The second-order valence-electron chi connectivity index (χ2n) is 5.33. The van der Waals surface area contributed by atoms with Crippen LogP contribution in [-0.4, -0.2) is 28.0 Å². The molecule has 0 bridgehead atoms. The lowest BCUT2D eigenvalue weighted by molar-refractivity contribution is -0.125. The lowest BCUT2D eigenvalue weighted by atomic mass is 10.1. The molecule has 20 heavy (non-hydrogen) atoms. The van der Waals surface area contributed by atoms with Gasteiger partial charge in [-0.05, 0) is 44.4 Å². The molecular formula is C15H21ClN2OS. The molecule has 1 N–H and O–H groups in total. The van der Waals surface area contributed by atoms with E-state index in [1.807, 2.05) is 25.1 Å². The second kappa shape index (κ2) is 6.83. The van der Waals surface area contributed by atoms with E-state index in [9.17, 15) is 4.79 Å². The van der Waals surface area contributed by atoms with Crippen molar-refractivity contribution in [1.29, 1.82) is 0 Å². The van der Waals surface area contributed by atoms with Gasteiger partial charge in [0.2, 0.25) is 5.91 Å². The molecule has 0 spiro atoms. The predicted molar refractivity (Wildman–Crippen MR) is 85.9 cm³/mol. The third-order valence-electron chi connectivity index (χ3n) is 3.58. The summed E-state index contributed by atoms with van der Waals surface area (Å²) in [5.41, 5.74) is 2.11. The summed E-state index contributed by atoms with van der Waals surface area (Å²) in [5, 5.41) is 3.79. The van der Waals surface area contributed by atoms with Gasteiger partial charge in [0.25, 0.3) is 0 Å². The SMILES string of the molecule is Cc1c(Cl)cccc1CNC(=O)C1CCSN1C(C)C. The Balaban J connectivity index is 1.97. The van der Waals surface area contributed by atoms with Crippen LogP contribution in [0.25, 0.3) is 0 Å². The summed E-state index contributed by atoms with van der Waals surface area (Å²) >= 11 is 7.86. The summed E-state index contributed by atoms with van der Waals surface area (Å²) in [6.45, 7) is 6.77. The maximum absolute atomic E-state index is 12.3. The molecule has 1 aromatic rings. The summed E-state index contributed by atoms with van der Waals surface area (Å²) in [7, 11) is 0. The van der Waals surface area contributed by atoms with Gasteiger partial charge in [-0.15, -0.1) is 0 Å². The first kappa shape index (κ1) is 15.7. The maximum atomic E-state index is 12.3. The van der Waals surface area contributed by atoms with Gasteiger partial charge in [-0.2, -0.15) is 0 Å². The molecule has 1 atom stereocenters. The molecule has 0 aromatic heterocycles. The highest BCUT2D eigenvalue weighted by atomic mass is 35.5. The number of rotatable bonds is 4. The Morgan fingerprint density at radius 1 is 1.55 bits per heavy atom. The zero-order valence-corrected chi connectivity index (χ0v) is 13.7. The van der Waals surface area contributed by atoms with Crippen molar-refractivity contribution < 1.29 is 4.79 Å². The van der Waals surface area contributed by atoms with Crippen LogP contribution in [0.15, 0.2) is 18.2 Å². The van der Waals surface area contributed by atoms with E-state index in [0.29, 0.717) is 12.6 Å². The van der Waals surface area contributed by atoms with Crippen LogP contribution in [0.1, 0.15) is 31.4 Å². The topological polar surface area (TPSA) is 32.3 Å². The zero-order valence-electron chi connectivity index (χ0n) is 12.1. The summed E-state index contributed by atoms with van der Waals surface area (Å²) in [4.78, 5) is 12.3. The number of carbonyl (C=O) groups excluding carboxylic acids is 1. The molecule has 1 fully saturated rings. The van der Waals surface area contributed by atoms with E-state index >= 15 is 0 Å². The minimum absolute atomic E-state index is 0.0144. The van der Waals surface area contributed by atoms with Crippen LogP contribution in [0, 0.1) is 6.92 Å². The van der Waals surface area contributed by atoms with Gasteiger partial charge in [-0.25, -0.2) is 4.31 Å². The molecule has 1 unspecified atom stereocenters. The fourth-order valence-electron chi connectivity index (χ4n) is 2.39. The Bertz CT molecular complexity index is 493. The largest absolute Gasteiger partial charge is 0.351 e. The van der Waals surface area contributed by atoms with Gasteiger partial charge in [-0.3, -0.25) is 4.79 Å². The summed E-state index contributed by atoms with van der Waals surface area (Å²) in [6, 6.07) is 6.16. The molecule has 0 aliphatic carbocycles. The van der Waals surface area contributed by atoms with E-state index in [2.05, 4.69) is 23.5 Å². The highest BCUT2D eigenvalue weighted by molar-refractivity contribution is 7.97. The van der Waals surface area contributed by atoms with E-state index in [1.54, 1.807) is 11.9 Å². The first-order valence-corrected chi connectivity index (χ1v) is 8.25. The van der Waals surface area contributed by atoms with Crippen LogP contribution >= 0.6 is 23.5 Å². The lowest BCUT2D eigenvalue weighted by Gasteiger charge is -2.25. The molecule has 1 heterocycles. The van der Waals surface area contributed by atoms with E-state index in [4.69, 9.17) is 11.6 Å². The molecule has 0 radical (unpaired) electrons. The molecule has 0 saturated carbocycles. The second-order valence-corrected chi connectivity index (χ2v) is 6.83. The molecule has 2 rings (SSSR count). The van der Waals surface area contributed by atoms with Gasteiger partial charge in [-0.1, -0.05) is 35.7 Å². The Morgan fingerprint density at radius 3 is 3.00 bits per heavy atom. The van der Waals surface area contributed by atoms with Crippen LogP contribution in [0.4, 0.5) is 0 Å². The molecule has 5 heteroatoms. The van der Waals surface area contributed by atoms with Crippen LogP contribution in [0.2, 0.25) is 5.02 Å². The number of nitrogens with zero attached hydrogens (tertiary/aromatic N) is 1. The van der Waals surface area contributed by atoms with Crippen molar-refractivity contribution in [3.8, 4) is 0 Å². The normalized spacial score (nSPS) is 19.6. The van der Waals surface area contributed by atoms with Crippen LogP contribution in [-0.2, 0) is 11.3 Å². The van der Waals surface area contributed by atoms with E-state index in [1.165, 1.54) is 0 Å². The van der Waals surface area contributed by atoms with Gasteiger partial charge in [0.15, 0.2) is 0 Å². The smallest absolute Gasteiger partial charge is 0.238 e. The molecule has 110 valence electrons. The first-order valence-electron chi connectivity index (χ1n) is 6.93. The quantitative estimate of drug-likeness (QED) is 0.865. The van der Waals surface area contributed by atoms with Gasteiger partial charge >= 0.3 is 0 Å². The average Bonchev–Trinajstić information content (AvgIpc) is 2.89. The van der Waals surface area contributed by atoms with Gasteiger partial charge in [0, 0.05) is 23.4 Å². The third-order valence-corrected chi connectivity index (χ3v) is 5.39. The Labute approximate surface area is 130 Å². The minimum Gasteiger partial charge on any atom is -0.351 e. The monoisotopic (exact) mass is 312 g/mol. The lowest BCUT2D eigenvalue weighted by Crippen LogP contribution is -2.43. The van der Waals surface area contributed by atoms with Crippen LogP contribution < -0.4 is 5.32 Å². The number of hydrogen-bond donors (Lipinski definition) is 1. The van der Waals surface area contributed by atoms with Crippen molar-refractivity contribution >= 4 is 29.5 Å². The summed E-state index contributed by atoms with van der Waals surface area (Å²) in [6.07, 6.45) is 0.920. The minimum atomic E-state index is -0.0144. The zero-order chi connectivity index (χ0) is 14.7. The maximum Gasteiger partial charge on any atom is 0.238 e. The van der Waals surface area contributed by atoms with Gasteiger partial charge in [0.1, 0.15) is 6.04 Å². The molecular weight excluding hydrogens is 292 g/mol. The number of amides is 1. The summed E-state index contributed by atoms with van der Waals surface area (Å²) < 4.78 is 2.19. The average molecular weight is 313 g/mol. The van der Waals surface area contributed by atoms with Gasteiger partial charge < -0.3 is 5.32 Å². The van der Waals surface area contributed by atoms with Gasteiger partial charge in [0.05, 0.1) is 0 Å². The van der Waals surface area contributed by atoms with E-state index in [-0.39, 0.29) is 11.9 Å². The molecule has 1 aliphatic rings. The highest BCUT2D eigenvalue weighted by Gasteiger charge is 2.32. The number of hydrogen-bond acceptors (Lipinski definition) is 3. The Hall–Kier alpha value is -0.710. The predicted octanol–water partition coefficient (Wildman–Crippen LogP) is 3.40. The van der Waals surface area contributed by atoms with Crippen molar-refractivity contribution in [2.45, 2.75) is 45.8 Å². The summed E-state index contributed by atoms with van der Waals surface area (Å²) in [5.74, 6) is 1.13. The number of carbonyl (C=O) groups is 1. The van der Waals surface area contributed by atoms with E-state index in [0.717, 1.165) is 28.3 Å². The Kier molecular flexibility index (Phi) is 5.35. The van der Waals surface area contributed by atoms with Crippen LogP contribution in [0.5, 0.6) is 0 Å².